The van der Waals surface area contributed by atoms with Crippen LogP contribution in [0.5, 0.6) is 0 Å². The van der Waals surface area contributed by atoms with Gasteiger partial charge in [0.25, 0.3) is 5.91 Å². The summed E-state index contributed by atoms with van der Waals surface area (Å²) in [5.74, 6) is -1.15. The molecular weight excluding hydrogens is 427 g/mol. The highest BCUT2D eigenvalue weighted by Gasteiger charge is 2.12. The van der Waals surface area contributed by atoms with Crippen molar-refractivity contribution in [2.75, 3.05) is 0 Å². The number of hydrogen-bond acceptors (Lipinski definition) is 3. The third-order valence-corrected chi connectivity index (χ3v) is 5.72. The Morgan fingerprint density at radius 3 is 2.38 bits per heavy atom. The first-order valence-electron chi connectivity index (χ1n) is 5.74. The third-order valence-electron chi connectivity index (χ3n) is 2.46. The van der Waals surface area contributed by atoms with E-state index in [-0.39, 0.29) is 18.1 Å². The van der Waals surface area contributed by atoms with Gasteiger partial charge >= 0.3 is 0 Å². The number of carbonyl (C=O) groups excluding carboxylic acids is 2. The molecule has 0 radical (unpaired) electrons. The Kier molecular flexibility index (Phi) is 5.49. The van der Waals surface area contributed by atoms with Crippen LogP contribution in [0.1, 0.15) is 15.2 Å². The Morgan fingerprint density at radius 2 is 1.81 bits per heavy atom. The van der Waals surface area contributed by atoms with Crippen LogP contribution in [0.3, 0.4) is 0 Å². The summed E-state index contributed by atoms with van der Waals surface area (Å²) in [5.41, 5.74) is 5.30. The fourth-order valence-corrected chi connectivity index (χ4v) is 3.41. The van der Waals surface area contributed by atoms with E-state index in [1.54, 1.807) is 6.07 Å². The predicted molar refractivity (Wildman–Crippen MR) is 85.4 cm³/mol. The van der Waals surface area contributed by atoms with Gasteiger partial charge in [0.2, 0.25) is 5.91 Å². The number of rotatable bonds is 3. The van der Waals surface area contributed by atoms with E-state index in [0.717, 1.165) is 8.26 Å². The molecule has 0 saturated heterocycles. The zero-order valence-corrected chi connectivity index (χ0v) is 14.4. The Morgan fingerprint density at radius 1 is 1.14 bits per heavy atom. The molecule has 1 aromatic heterocycles. The van der Waals surface area contributed by atoms with Crippen molar-refractivity contribution < 1.29 is 14.0 Å². The smallest absolute Gasteiger partial charge is 0.273 e. The maximum absolute atomic E-state index is 12.7. The highest BCUT2D eigenvalue weighted by molar-refractivity contribution is 9.13. The summed E-state index contributed by atoms with van der Waals surface area (Å²) in [6, 6.07) is 7.24. The number of nitrogens with one attached hydrogen (secondary N) is 2. The van der Waals surface area contributed by atoms with Gasteiger partial charge < -0.3 is 0 Å². The van der Waals surface area contributed by atoms with E-state index < -0.39 is 5.91 Å². The first kappa shape index (κ1) is 16.1. The molecular formula is C13H9Br2FN2O2S. The third kappa shape index (κ3) is 4.62. The summed E-state index contributed by atoms with van der Waals surface area (Å²) >= 11 is 7.81. The van der Waals surface area contributed by atoms with Gasteiger partial charge in [0.15, 0.2) is 0 Å². The van der Waals surface area contributed by atoms with Gasteiger partial charge in [-0.05, 0) is 55.6 Å². The molecule has 0 aliphatic heterocycles. The number of hydrogen-bond donors (Lipinski definition) is 2. The number of amides is 2. The molecule has 2 aromatic rings. The van der Waals surface area contributed by atoms with Crippen LogP contribution in [0.15, 0.2) is 38.6 Å². The summed E-state index contributed by atoms with van der Waals surface area (Å²) in [7, 11) is 0. The second-order valence-electron chi connectivity index (χ2n) is 4.04. The largest absolute Gasteiger partial charge is 0.279 e. The minimum atomic E-state index is -0.404. The molecule has 0 bridgehead atoms. The van der Waals surface area contributed by atoms with Crippen molar-refractivity contribution in [2.24, 2.45) is 0 Å². The van der Waals surface area contributed by atoms with Crippen LogP contribution >= 0.6 is 43.2 Å². The molecule has 0 aliphatic carbocycles. The summed E-state index contributed by atoms with van der Waals surface area (Å²) in [4.78, 5) is 23.9. The highest BCUT2D eigenvalue weighted by Crippen LogP contribution is 2.32. The lowest BCUT2D eigenvalue weighted by Gasteiger charge is -2.06. The van der Waals surface area contributed by atoms with Crippen molar-refractivity contribution >= 4 is 55.0 Å². The Labute approximate surface area is 141 Å². The Hall–Kier alpha value is -1.25. The first-order valence-corrected chi connectivity index (χ1v) is 8.14. The zero-order chi connectivity index (χ0) is 15.4. The Balaban J connectivity index is 1.86. The number of hydrazine groups is 1. The van der Waals surface area contributed by atoms with Gasteiger partial charge in [-0.1, -0.05) is 12.1 Å². The normalized spacial score (nSPS) is 10.2. The lowest BCUT2D eigenvalue weighted by Crippen LogP contribution is -2.42. The van der Waals surface area contributed by atoms with Crippen LogP contribution in [0.25, 0.3) is 0 Å². The lowest BCUT2D eigenvalue weighted by molar-refractivity contribution is -0.121. The molecule has 0 aliphatic rings. The molecule has 0 unspecified atom stereocenters. The fourth-order valence-electron chi connectivity index (χ4n) is 1.48. The molecule has 110 valence electrons. The van der Waals surface area contributed by atoms with Crippen LogP contribution in [0.4, 0.5) is 4.39 Å². The maximum Gasteiger partial charge on any atom is 0.279 e. The van der Waals surface area contributed by atoms with Gasteiger partial charge in [0, 0.05) is 4.47 Å². The first-order chi connectivity index (χ1) is 9.95. The van der Waals surface area contributed by atoms with Crippen molar-refractivity contribution in [3.63, 3.8) is 0 Å². The number of benzene rings is 1. The van der Waals surface area contributed by atoms with Crippen molar-refractivity contribution in [1.82, 2.24) is 10.9 Å². The van der Waals surface area contributed by atoms with Gasteiger partial charge in [-0.15, -0.1) is 11.3 Å². The standard InChI is InChI=1S/C13H9Br2FN2O2S/c14-9-6-10(21-12(9)15)13(20)18-17-11(19)5-7-1-3-8(16)4-2-7/h1-4,6H,5H2,(H,17,19)(H,18,20). The number of thiophene rings is 1. The van der Waals surface area contributed by atoms with Gasteiger partial charge in [0.1, 0.15) is 5.82 Å². The van der Waals surface area contributed by atoms with Crippen LogP contribution in [0.2, 0.25) is 0 Å². The van der Waals surface area contributed by atoms with Crippen LogP contribution in [0, 0.1) is 5.82 Å². The molecule has 0 saturated carbocycles. The Bertz CT molecular complexity index is 654. The van der Waals surface area contributed by atoms with Crippen LogP contribution in [-0.2, 0) is 11.2 Å². The molecule has 1 heterocycles. The molecule has 1 aromatic carbocycles. The average Bonchev–Trinajstić information content (AvgIpc) is 2.79. The van der Waals surface area contributed by atoms with Gasteiger partial charge in [-0.2, -0.15) is 0 Å². The van der Waals surface area contributed by atoms with Gasteiger partial charge in [-0.25, -0.2) is 4.39 Å². The van der Waals surface area contributed by atoms with E-state index in [0.29, 0.717) is 10.4 Å². The molecule has 4 nitrogen and oxygen atoms in total. The van der Waals surface area contributed by atoms with E-state index >= 15 is 0 Å². The summed E-state index contributed by atoms with van der Waals surface area (Å²) in [6.07, 6.45) is 0.0540. The van der Waals surface area contributed by atoms with Crippen molar-refractivity contribution in [3.05, 3.63) is 54.8 Å². The fraction of sp³-hybridized carbons (Fsp3) is 0.0769. The van der Waals surface area contributed by atoms with Crippen LogP contribution < -0.4 is 10.9 Å². The van der Waals surface area contributed by atoms with Gasteiger partial charge in [0.05, 0.1) is 15.1 Å². The molecule has 21 heavy (non-hydrogen) atoms. The second-order valence-corrected chi connectivity index (χ2v) is 7.26. The van der Waals surface area contributed by atoms with Crippen molar-refractivity contribution in [3.8, 4) is 0 Å². The molecule has 0 atom stereocenters. The predicted octanol–water partition coefficient (Wildman–Crippen LogP) is 3.42. The summed E-state index contributed by atoms with van der Waals surface area (Å²) in [6.45, 7) is 0. The lowest BCUT2D eigenvalue weighted by atomic mass is 10.1. The van der Waals surface area contributed by atoms with Crippen molar-refractivity contribution in [2.45, 2.75) is 6.42 Å². The molecule has 0 spiro atoms. The minimum absolute atomic E-state index is 0.0540. The average molecular weight is 436 g/mol. The molecule has 0 fully saturated rings. The molecule has 2 rings (SSSR count). The number of halogens is 3. The van der Waals surface area contributed by atoms with Crippen molar-refractivity contribution in [1.29, 1.82) is 0 Å². The van der Waals surface area contributed by atoms with E-state index in [4.69, 9.17) is 0 Å². The summed E-state index contributed by atoms with van der Waals surface area (Å²) < 4.78 is 14.3. The SMILES string of the molecule is O=C(Cc1ccc(F)cc1)NNC(=O)c1cc(Br)c(Br)s1. The molecule has 8 heteroatoms. The summed E-state index contributed by atoms with van der Waals surface area (Å²) in [5, 5.41) is 0. The zero-order valence-electron chi connectivity index (χ0n) is 10.5. The van der Waals surface area contributed by atoms with E-state index in [9.17, 15) is 14.0 Å². The van der Waals surface area contributed by atoms with E-state index in [1.165, 1.54) is 35.6 Å². The minimum Gasteiger partial charge on any atom is -0.273 e. The second kappa shape index (κ2) is 7.15. The number of carbonyl (C=O) groups is 2. The highest BCUT2D eigenvalue weighted by atomic mass is 79.9. The molecule has 2 amide bonds. The van der Waals surface area contributed by atoms with E-state index in [2.05, 4.69) is 42.7 Å². The quantitative estimate of drug-likeness (QED) is 0.725. The monoisotopic (exact) mass is 434 g/mol. The topological polar surface area (TPSA) is 58.2 Å². The van der Waals surface area contributed by atoms with E-state index in [1.807, 2.05) is 0 Å². The molecule has 2 N–H and O–H groups in total. The van der Waals surface area contributed by atoms with Gasteiger partial charge in [-0.3, -0.25) is 20.4 Å². The maximum atomic E-state index is 12.7. The van der Waals surface area contributed by atoms with Crippen LogP contribution in [-0.4, -0.2) is 11.8 Å².